The molecule has 1 aromatic rings. The van der Waals surface area contributed by atoms with Crippen LogP contribution in [-0.2, 0) is 4.79 Å². The molecular weight excluding hydrogens is 379 g/mol. The molecule has 142 valence electrons. The molecule has 0 aromatic heterocycles. The maximum absolute atomic E-state index is 12.8. The van der Waals surface area contributed by atoms with E-state index >= 15 is 0 Å². The monoisotopic (exact) mass is 400 g/mol. The highest BCUT2D eigenvalue weighted by Gasteiger charge is 2.50. The largest absolute Gasteiger partial charge is 0.489 e. The van der Waals surface area contributed by atoms with Crippen molar-refractivity contribution in [1.29, 1.82) is 0 Å². The maximum Gasteiger partial charge on any atom is 0.325 e. The molecule has 1 aliphatic heterocycles. The molecule has 1 saturated heterocycles. The van der Waals surface area contributed by atoms with E-state index in [1.165, 1.54) is 6.07 Å². The second-order valence-corrected chi connectivity index (χ2v) is 7.73. The normalized spacial score (nSPS) is 20.8. The van der Waals surface area contributed by atoms with Crippen LogP contribution in [0.15, 0.2) is 18.2 Å². The van der Waals surface area contributed by atoms with Gasteiger partial charge in [0.05, 0.1) is 11.6 Å². The molecule has 3 rings (SSSR count). The second kappa shape index (κ2) is 8.03. The van der Waals surface area contributed by atoms with Crippen molar-refractivity contribution in [2.75, 3.05) is 13.2 Å². The number of imide groups is 1. The number of carbonyl (C=O) groups excluding carboxylic acids is 2. The summed E-state index contributed by atoms with van der Waals surface area (Å²) in [4.78, 5) is 26.2. The number of rotatable bonds is 5. The Bertz CT molecular complexity index is 690. The van der Waals surface area contributed by atoms with Gasteiger partial charge in [-0.3, -0.25) is 9.69 Å². The molecule has 8 heteroatoms. The summed E-state index contributed by atoms with van der Waals surface area (Å²) in [6, 6.07) is 4.33. The van der Waals surface area contributed by atoms with E-state index in [1.807, 2.05) is 0 Å². The minimum absolute atomic E-state index is 0.0919. The van der Waals surface area contributed by atoms with Crippen molar-refractivity contribution in [2.45, 2.75) is 50.2 Å². The molecule has 2 N–H and O–H groups in total. The van der Waals surface area contributed by atoms with Crippen LogP contribution in [0, 0.1) is 0 Å². The quantitative estimate of drug-likeness (QED) is 0.742. The molecule has 1 aliphatic carbocycles. The molecule has 1 saturated carbocycles. The molecule has 1 heterocycles. The van der Waals surface area contributed by atoms with Crippen molar-refractivity contribution in [1.82, 2.24) is 10.2 Å². The number of nitrogens with zero attached hydrogens (tertiary/aromatic N) is 1. The van der Waals surface area contributed by atoms with E-state index in [-0.39, 0.29) is 19.1 Å². The highest BCUT2D eigenvalue weighted by atomic mass is 35.5. The van der Waals surface area contributed by atoms with Gasteiger partial charge in [0, 0.05) is 5.02 Å². The average Bonchev–Trinajstić information content (AvgIpc) is 2.76. The number of amides is 3. The first-order chi connectivity index (χ1) is 12.4. The molecular formula is C18H22Cl2N2O4. The van der Waals surface area contributed by atoms with Crippen LogP contribution >= 0.6 is 23.2 Å². The van der Waals surface area contributed by atoms with Crippen molar-refractivity contribution >= 4 is 35.1 Å². The molecule has 6 nitrogen and oxygen atoms in total. The predicted molar refractivity (Wildman–Crippen MR) is 98.6 cm³/mol. The minimum atomic E-state index is -1.02. The number of halogens is 2. The van der Waals surface area contributed by atoms with Crippen LogP contribution in [0.3, 0.4) is 0 Å². The van der Waals surface area contributed by atoms with E-state index in [2.05, 4.69) is 5.32 Å². The summed E-state index contributed by atoms with van der Waals surface area (Å²) in [6.07, 6.45) is 4.27. The van der Waals surface area contributed by atoms with E-state index < -0.39 is 17.7 Å². The summed E-state index contributed by atoms with van der Waals surface area (Å²) in [5, 5.41) is 13.9. The summed E-state index contributed by atoms with van der Waals surface area (Å²) in [6.45, 7) is -0.205. The van der Waals surface area contributed by atoms with Gasteiger partial charge < -0.3 is 15.2 Å². The Labute approximate surface area is 162 Å². The maximum atomic E-state index is 12.8. The van der Waals surface area contributed by atoms with Crippen LogP contribution in [0.2, 0.25) is 10.0 Å². The zero-order valence-electron chi connectivity index (χ0n) is 14.3. The lowest BCUT2D eigenvalue weighted by Gasteiger charge is -2.25. The molecule has 0 radical (unpaired) electrons. The first-order valence-corrected chi connectivity index (χ1v) is 9.57. The van der Waals surface area contributed by atoms with Crippen molar-refractivity contribution in [3.05, 3.63) is 28.2 Å². The smallest absolute Gasteiger partial charge is 0.325 e. The van der Waals surface area contributed by atoms with Crippen LogP contribution in [0.4, 0.5) is 4.79 Å². The summed E-state index contributed by atoms with van der Waals surface area (Å²) >= 11 is 11.9. The fourth-order valence-electron chi connectivity index (χ4n) is 3.55. The van der Waals surface area contributed by atoms with Gasteiger partial charge in [-0.1, -0.05) is 48.9 Å². The summed E-state index contributed by atoms with van der Waals surface area (Å²) < 4.78 is 5.48. The van der Waals surface area contributed by atoms with Gasteiger partial charge in [0.2, 0.25) is 0 Å². The number of hydrogen-bond acceptors (Lipinski definition) is 4. The van der Waals surface area contributed by atoms with Gasteiger partial charge in [-0.15, -0.1) is 0 Å². The van der Waals surface area contributed by atoms with E-state index in [0.717, 1.165) is 30.6 Å². The lowest BCUT2D eigenvalue weighted by Crippen LogP contribution is -2.47. The molecule has 2 aliphatic rings. The standard InChI is InChI=1S/C18H22Cl2N2O4/c19-12-5-6-15(14(20)9-12)26-11-13(23)10-22-16(24)18(21-17(22)25)7-3-1-2-4-8-18/h5-6,9,13,23H,1-4,7-8,10-11H2,(H,21,25)/t13-/m0/s1. The van der Waals surface area contributed by atoms with Gasteiger partial charge in [0.1, 0.15) is 24.0 Å². The Morgan fingerprint density at radius 2 is 1.88 bits per heavy atom. The van der Waals surface area contributed by atoms with Crippen molar-refractivity contribution in [3.63, 3.8) is 0 Å². The lowest BCUT2D eigenvalue weighted by atomic mass is 9.90. The third-order valence-electron chi connectivity index (χ3n) is 4.92. The number of ether oxygens (including phenoxy) is 1. The molecule has 2 fully saturated rings. The van der Waals surface area contributed by atoms with Crippen molar-refractivity contribution < 1.29 is 19.4 Å². The molecule has 3 amide bonds. The predicted octanol–water partition coefficient (Wildman–Crippen LogP) is 3.38. The van der Waals surface area contributed by atoms with Crippen LogP contribution in [0.1, 0.15) is 38.5 Å². The highest BCUT2D eigenvalue weighted by Crippen LogP contribution is 2.33. The van der Waals surface area contributed by atoms with E-state index in [4.69, 9.17) is 27.9 Å². The zero-order valence-corrected chi connectivity index (χ0v) is 15.9. The number of urea groups is 1. The molecule has 26 heavy (non-hydrogen) atoms. The Balaban J connectivity index is 1.59. The number of aliphatic hydroxyl groups is 1. The molecule has 0 unspecified atom stereocenters. The minimum Gasteiger partial charge on any atom is -0.489 e. The lowest BCUT2D eigenvalue weighted by molar-refractivity contribution is -0.132. The number of nitrogens with one attached hydrogen (secondary N) is 1. The van der Waals surface area contributed by atoms with Crippen LogP contribution in [0.5, 0.6) is 5.75 Å². The van der Waals surface area contributed by atoms with Crippen molar-refractivity contribution in [3.8, 4) is 5.75 Å². The number of aliphatic hydroxyl groups excluding tert-OH is 1. The van der Waals surface area contributed by atoms with Gasteiger partial charge in [-0.2, -0.15) is 0 Å². The summed E-state index contributed by atoms with van der Waals surface area (Å²) in [7, 11) is 0. The molecule has 1 atom stereocenters. The molecule has 0 bridgehead atoms. The van der Waals surface area contributed by atoms with E-state index in [1.54, 1.807) is 12.1 Å². The molecule has 1 spiro atoms. The van der Waals surface area contributed by atoms with Gasteiger partial charge in [0.15, 0.2) is 0 Å². The molecule has 1 aromatic carbocycles. The Hall–Kier alpha value is -1.50. The van der Waals surface area contributed by atoms with Gasteiger partial charge >= 0.3 is 6.03 Å². The summed E-state index contributed by atoms with van der Waals surface area (Å²) in [5.41, 5.74) is -0.798. The summed E-state index contributed by atoms with van der Waals surface area (Å²) in [5.74, 6) is 0.139. The van der Waals surface area contributed by atoms with Crippen LogP contribution < -0.4 is 10.1 Å². The van der Waals surface area contributed by atoms with Crippen LogP contribution in [0.25, 0.3) is 0 Å². The third-order valence-corrected chi connectivity index (χ3v) is 5.45. The van der Waals surface area contributed by atoms with E-state index in [9.17, 15) is 14.7 Å². The number of benzene rings is 1. The fourth-order valence-corrected chi connectivity index (χ4v) is 4.02. The first kappa shape index (κ1) is 19.3. The number of hydrogen-bond donors (Lipinski definition) is 2. The highest BCUT2D eigenvalue weighted by molar-refractivity contribution is 6.35. The Kier molecular flexibility index (Phi) is 5.95. The van der Waals surface area contributed by atoms with E-state index in [0.29, 0.717) is 28.6 Å². The number of carbonyl (C=O) groups is 2. The van der Waals surface area contributed by atoms with Crippen molar-refractivity contribution in [2.24, 2.45) is 0 Å². The Morgan fingerprint density at radius 1 is 1.19 bits per heavy atom. The average molecular weight is 401 g/mol. The SMILES string of the molecule is O=C1NC2(CCCCCC2)C(=O)N1C[C@H](O)COc1ccc(Cl)cc1Cl. The van der Waals surface area contributed by atoms with Crippen LogP contribution in [-0.4, -0.2) is 46.7 Å². The topological polar surface area (TPSA) is 78.9 Å². The second-order valence-electron chi connectivity index (χ2n) is 6.88. The zero-order chi connectivity index (χ0) is 18.7. The Morgan fingerprint density at radius 3 is 2.54 bits per heavy atom. The van der Waals surface area contributed by atoms with Gasteiger partial charge in [0.25, 0.3) is 5.91 Å². The third kappa shape index (κ3) is 4.08. The number of β-amino-alcohol motifs (C(OH)–C–C–N with tert-alkyl or cyclic N) is 1. The van der Waals surface area contributed by atoms with Gasteiger partial charge in [-0.25, -0.2) is 4.79 Å². The fraction of sp³-hybridized carbons (Fsp3) is 0.556. The van der Waals surface area contributed by atoms with Gasteiger partial charge in [-0.05, 0) is 31.0 Å². The first-order valence-electron chi connectivity index (χ1n) is 8.81.